The predicted molar refractivity (Wildman–Crippen MR) is 120 cm³/mol. The second-order valence-corrected chi connectivity index (χ2v) is 9.11. The number of aryl methyl sites for hydroxylation is 2. The average molecular weight is 575 g/mol. The summed E-state index contributed by atoms with van der Waals surface area (Å²) in [7, 11) is 0. The number of carboxylic acids is 2. The lowest BCUT2D eigenvalue weighted by molar-refractivity contribution is -0.193. The van der Waals surface area contributed by atoms with Gasteiger partial charge in [0, 0.05) is 18.5 Å². The minimum absolute atomic E-state index is 0.0420. The van der Waals surface area contributed by atoms with E-state index in [1.807, 2.05) is 26.0 Å². The number of aliphatic carboxylic acids is 2. The number of hydrogen-bond acceptors (Lipinski definition) is 9. The van der Waals surface area contributed by atoms with Crippen molar-refractivity contribution in [2.75, 3.05) is 18.1 Å². The predicted octanol–water partition coefficient (Wildman–Crippen LogP) is 3.77. The van der Waals surface area contributed by atoms with Crippen molar-refractivity contribution in [3.05, 3.63) is 33.9 Å². The molecule has 2 fully saturated rings. The number of nitrogens with zero attached hydrogens (tertiary/aromatic N) is 4. The molecule has 4 rings (SSSR count). The first-order valence-electron chi connectivity index (χ1n) is 10.9. The number of fused-ring (bicyclic) bond motifs is 1. The van der Waals surface area contributed by atoms with E-state index in [9.17, 15) is 26.3 Å². The van der Waals surface area contributed by atoms with Crippen LogP contribution >= 0.6 is 11.3 Å². The SMILES string of the molecule is Cc1ccc(N2C[C@H](OCc3csc(C)n3)[C@H]3OCCC[C@H]32)nn1.O=C(O)C(F)(F)F.O=C(O)C(F)(F)F. The molecule has 0 aromatic carbocycles. The van der Waals surface area contributed by atoms with Crippen molar-refractivity contribution in [3.8, 4) is 0 Å². The van der Waals surface area contributed by atoms with E-state index in [0.29, 0.717) is 12.6 Å². The molecule has 2 saturated heterocycles. The highest BCUT2D eigenvalue weighted by molar-refractivity contribution is 7.09. The second-order valence-electron chi connectivity index (χ2n) is 8.04. The largest absolute Gasteiger partial charge is 0.490 e. The van der Waals surface area contributed by atoms with Gasteiger partial charge in [-0.3, -0.25) is 0 Å². The van der Waals surface area contributed by atoms with Gasteiger partial charge >= 0.3 is 24.3 Å². The van der Waals surface area contributed by atoms with Crippen LogP contribution in [0.5, 0.6) is 0 Å². The zero-order valence-corrected chi connectivity index (χ0v) is 20.8. The molecule has 2 aliphatic rings. The van der Waals surface area contributed by atoms with E-state index < -0.39 is 24.3 Å². The number of halogens is 6. The van der Waals surface area contributed by atoms with E-state index in [4.69, 9.17) is 29.3 Å². The molecule has 0 saturated carbocycles. The summed E-state index contributed by atoms with van der Waals surface area (Å²) in [6, 6.07) is 4.37. The van der Waals surface area contributed by atoms with Gasteiger partial charge in [0.05, 0.1) is 29.0 Å². The first-order chi connectivity index (χ1) is 17.6. The number of anilines is 1. The topological polar surface area (TPSA) is 135 Å². The number of alkyl halides is 6. The number of carbonyl (C=O) groups is 2. The fourth-order valence-corrected chi connectivity index (χ4v) is 4.13. The molecule has 3 atom stereocenters. The minimum atomic E-state index is -5.08. The van der Waals surface area contributed by atoms with Crippen molar-refractivity contribution >= 4 is 29.1 Å². The van der Waals surface area contributed by atoms with E-state index >= 15 is 0 Å². The van der Waals surface area contributed by atoms with Crippen molar-refractivity contribution in [3.63, 3.8) is 0 Å². The van der Waals surface area contributed by atoms with Crippen molar-refractivity contribution in [1.29, 1.82) is 0 Å². The van der Waals surface area contributed by atoms with E-state index in [1.54, 1.807) is 11.3 Å². The Morgan fingerprint density at radius 3 is 2.18 bits per heavy atom. The Kier molecular flexibility index (Phi) is 10.8. The summed E-state index contributed by atoms with van der Waals surface area (Å²) in [6.45, 7) is 6.10. The fraction of sp³-hybridized carbons (Fsp3) is 0.571. The normalized spacial score (nSPS) is 20.9. The Morgan fingerprint density at radius 2 is 1.71 bits per heavy atom. The highest BCUT2D eigenvalue weighted by atomic mass is 32.1. The molecule has 2 aromatic rings. The number of ether oxygens (including phenoxy) is 2. The Morgan fingerprint density at radius 1 is 1.11 bits per heavy atom. The molecule has 2 aliphatic heterocycles. The van der Waals surface area contributed by atoms with Gasteiger partial charge in [-0.1, -0.05) is 0 Å². The quantitative estimate of drug-likeness (QED) is 0.520. The zero-order chi connectivity index (χ0) is 28.7. The van der Waals surface area contributed by atoms with Crippen LogP contribution in [0.25, 0.3) is 0 Å². The average Bonchev–Trinajstić information content (AvgIpc) is 3.41. The summed E-state index contributed by atoms with van der Waals surface area (Å²) in [5, 5.41) is 25.9. The summed E-state index contributed by atoms with van der Waals surface area (Å²) in [6.07, 6.45) is -7.84. The fourth-order valence-electron chi connectivity index (χ4n) is 3.53. The number of carboxylic acid groups (broad SMARTS) is 2. The summed E-state index contributed by atoms with van der Waals surface area (Å²) in [5.41, 5.74) is 1.93. The zero-order valence-electron chi connectivity index (χ0n) is 20.0. The molecule has 0 unspecified atom stereocenters. The summed E-state index contributed by atoms with van der Waals surface area (Å²) in [4.78, 5) is 24.6. The van der Waals surface area contributed by atoms with Crippen molar-refractivity contribution < 1.29 is 55.6 Å². The van der Waals surface area contributed by atoms with Crippen LogP contribution in [0.1, 0.15) is 29.2 Å². The van der Waals surface area contributed by atoms with Crippen LogP contribution in [-0.2, 0) is 25.7 Å². The molecule has 212 valence electrons. The molecule has 2 N–H and O–H groups in total. The molecule has 0 radical (unpaired) electrons. The van der Waals surface area contributed by atoms with Crippen LogP contribution in [0.15, 0.2) is 17.5 Å². The van der Waals surface area contributed by atoms with Crippen molar-refractivity contribution in [2.24, 2.45) is 0 Å². The maximum absolute atomic E-state index is 10.6. The van der Waals surface area contributed by atoms with Crippen molar-refractivity contribution in [2.45, 2.75) is 63.9 Å². The van der Waals surface area contributed by atoms with Gasteiger partial charge in [0.25, 0.3) is 0 Å². The van der Waals surface area contributed by atoms with Gasteiger partial charge < -0.3 is 24.6 Å². The number of aromatic nitrogens is 3. The molecule has 0 aliphatic carbocycles. The van der Waals surface area contributed by atoms with Gasteiger partial charge in [-0.2, -0.15) is 31.4 Å². The van der Waals surface area contributed by atoms with E-state index in [0.717, 1.165) is 48.2 Å². The Balaban J connectivity index is 0.000000301. The first kappa shape index (κ1) is 31.2. The molecule has 38 heavy (non-hydrogen) atoms. The molecule has 17 heteroatoms. The summed E-state index contributed by atoms with van der Waals surface area (Å²) in [5.74, 6) is -4.60. The standard InChI is InChI=1S/C17H22N4O2S.2C2HF3O2/c1-11-5-6-16(20-19-11)21-8-15(17-14(21)4-3-7-22-17)23-9-13-10-24-12(2)18-13;2*3-2(4,5)1(6)7/h5-6,10,14-15,17H,3-4,7-9H2,1-2H3;2*(H,6,7)/t14-,15+,17+;;/m1../s1. The van der Waals surface area contributed by atoms with Gasteiger partial charge in [0.15, 0.2) is 5.82 Å². The lowest BCUT2D eigenvalue weighted by Crippen LogP contribution is -2.42. The number of rotatable bonds is 4. The molecule has 0 amide bonds. The van der Waals surface area contributed by atoms with Gasteiger partial charge in [0.1, 0.15) is 12.2 Å². The smallest absolute Gasteiger partial charge is 0.475 e. The van der Waals surface area contributed by atoms with Crippen LogP contribution < -0.4 is 4.90 Å². The minimum Gasteiger partial charge on any atom is -0.475 e. The lowest BCUT2D eigenvalue weighted by atomic mass is 10.0. The molecular weight excluding hydrogens is 550 g/mol. The summed E-state index contributed by atoms with van der Waals surface area (Å²) >= 11 is 1.66. The van der Waals surface area contributed by atoms with Gasteiger partial charge in [0.2, 0.25) is 0 Å². The molecule has 0 bridgehead atoms. The number of hydrogen-bond donors (Lipinski definition) is 2. The van der Waals surface area contributed by atoms with E-state index in [2.05, 4.69) is 25.5 Å². The lowest BCUT2D eigenvalue weighted by Gasteiger charge is -2.32. The van der Waals surface area contributed by atoms with Crippen LogP contribution in [0, 0.1) is 13.8 Å². The maximum Gasteiger partial charge on any atom is 0.490 e. The molecule has 0 spiro atoms. The first-order valence-corrected chi connectivity index (χ1v) is 11.8. The van der Waals surface area contributed by atoms with E-state index in [-0.39, 0.29) is 12.2 Å². The highest BCUT2D eigenvalue weighted by Crippen LogP contribution is 2.33. The summed E-state index contributed by atoms with van der Waals surface area (Å²) < 4.78 is 75.7. The van der Waals surface area contributed by atoms with Gasteiger partial charge in [-0.05, 0) is 38.8 Å². The Bertz CT molecular complexity index is 1040. The van der Waals surface area contributed by atoms with Crippen LogP contribution in [0.3, 0.4) is 0 Å². The molecule has 2 aromatic heterocycles. The van der Waals surface area contributed by atoms with Gasteiger partial charge in [-0.15, -0.1) is 16.4 Å². The second kappa shape index (κ2) is 13.1. The number of thiazole rings is 1. The maximum atomic E-state index is 10.6. The Hall–Kier alpha value is -3.05. The molecule has 4 heterocycles. The third kappa shape index (κ3) is 9.36. The van der Waals surface area contributed by atoms with E-state index in [1.165, 1.54) is 0 Å². The van der Waals surface area contributed by atoms with Crippen LogP contribution in [0.4, 0.5) is 32.2 Å². The van der Waals surface area contributed by atoms with Crippen LogP contribution in [-0.4, -0.2) is 81.1 Å². The third-order valence-corrected chi connectivity index (χ3v) is 5.97. The molecule has 10 nitrogen and oxygen atoms in total. The monoisotopic (exact) mass is 574 g/mol. The van der Waals surface area contributed by atoms with Gasteiger partial charge in [-0.25, -0.2) is 14.6 Å². The van der Waals surface area contributed by atoms with Crippen molar-refractivity contribution in [1.82, 2.24) is 15.2 Å². The Labute approximate surface area is 216 Å². The third-order valence-electron chi connectivity index (χ3n) is 5.15. The highest BCUT2D eigenvalue weighted by Gasteiger charge is 2.45. The van der Waals surface area contributed by atoms with Crippen LogP contribution in [0.2, 0.25) is 0 Å². The molecular formula is C21H24F6N4O6S.